The normalized spacial score (nSPS) is 9.00. The Morgan fingerprint density at radius 3 is 2.44 bits per heavy atom. The summed E-state index contributed by atoms with van der Waals surface area (Å²) in [4.78, 5) is 0. The van der Waals surface area contributed by atoms with E-state index in [1.165, 1.54) is 0 Å². The maximum Gasteiger partial charge on any atom is 0.0904 e. The van der Waals surface area contributed by atoms with Crippen LogP contribution < -0.4 is 5.53 Å². The van der Waals surface area contributed by atoms with Crippen LogP contribution in [0.5, 0.6) is 0 Å². The summed E-state index contributed by atoms with van der Waals surface area (Å²) < 4.78 is 0. The molecule has 1 aromatic rings. The molecule has 0 unspecified atom stereocenters. The second kappa shape index (κ2) is 2.40. The van der Waals surface area contributed by atoms with Gasteiger partial charge in [0.25, 0.3) is 0 Å². The van der Waals surface area contributed by atoms with Gasteiger partial charge in [-0.2, -0.15) is 0 Å². The largest absolute Gasteiger partial charge is 0.129 e. The molecule has 0 amide bonds. The molecular weight excluding hydrogens is 112 g/mol. The second-order valence-electron chi connectivity index (χ2n) is 1.89. The van der Waals surface area contributed by atoms with Crippen LogP contribution in [0, 0.1) is 6.92 Å². The van der Waals surface area contributed by atoms with Gasteiger partial charge in [-0.3, -0.25) is 0 Å². The monoisotopic (exact) mass is 119 g/mol. The van der Waals surface area contributed by atoms with E-state index in [0.717, 1.165) is 5.56 Å². The molecule has 0 aliphatic carbocycles. The van der Waals surface area contributed by atoms with E-state index >= 15 is 0 Å². The summed E-state index contributed by atoms with van der Waals surface area (Å²) in [5.41, 5.74) is 9.97. The van der Waals surface area contributed by atoms with Crippen LogP contribution in [-0.4, -0.2) is 0 Å². The van der Waals surface area contributed by atoms with Crippen molar-refractivity contribution in [1.29, 1.82) is 0 Å². The summed E-state index contributed by atoms with van der Waals surface area (Å²) in [5, 5.41) is 3.07. The summed E-state index contributed by atoms with van der Waals surface area (Å²) >= 11 is 0. The first-order valence-electron chi connectivity index (χ1n) is 2.75. The number of rotatable bonds is 1. The average molecular weight is 119 g/mol. The third-order valence-electron chi connectivity index (χ3n) is 1.22. The Balaban J connectivity index is 3.15. The minimum atomic E-state index is 0.637. The molecule has 1 aromatic carbocycles. The van der Waals surface area contributed by atoms with Crippen molar-refractivity contribution in [3.8, 4) is 0 Å². The molecule has 0 atom stereocenters. The first kappa shape index (κ1) is 5.95. The standard InChI is InChI=1S/C7H7N2/c1-6-4-2-3-5-7(6)9-8/h2-5H,1H3. The predicted molar refractivity (Wildman–Crippen MR) is 35.4 cm³/mol. The van der Waals surface area contributed by atoms with Crippen molar-refractivity contribution in [2.75, 3.05) is 0 Å². The van der Waals surface area contributed by atoms with Crippen LogP contribution in [0.3, 0.4) is 0 Å². The van der Waals surface area contributed by atoms with Crippen molar-refractivity contribution in [3.05, 3.63) is 29.8 Å². The van der Waals surface area contributed by atoms with Crippen LogP contribution in [0.25, 0.3) is 0 Å². The molecule has 0 fully saturated rings. The van der Waals surface area contributed by atoms with Crippen LogP contribution in [0.15, 0.2) is 29.4 Å². The molecule has 0 heterocycles. The minimum absolute atomic E-state index is 0.637. The molecule has 2 heteroatoms. The van der Waals surface area contributed by atoms with E-state index in [4.69, 9.17) is 5.53 Å². The van der Waals surface area contributed by atoms with Gasteiger partial charge in [0.15, 0.2) is 0 Å². The van der Waals surface area contributed by atoms with E-state index in [-0.39, 0.29) is 0 Å². The number of nitrogens with zero attached hydrogens (tertiary/aromatic N) is 2. The van der Waals surface area contributed by atoms with Gasteiger partial charge in [0.1, 0.15) is 0 Å². The van der Waals surface area contributed by atoms with Gasteiger partial charge in [-0.1, -0.05) is 18.2 Å². The predicted octanol–water partition coefficient (Wildman–Crippen LogP) is 1.88. The SMILES string of the molecule is Cc1ccccc1N=[N]. The van der Waals surface area contributed by atoms with E-state index in [9.17, 15) is 0 Å². The van der Waals surface area contributed by atoms with Gasteiger partial charge in [0.05, 0.1) is 5.69 Å². The molecule has 45 valence electrons. The van der Waals surface area contributed by atoms with Crippen LogP contribution in [0.1, 0.15) is 5.56 Å². The maximum absolute atomic E-state index is 8.34. The molecule has 1 radical (unpaired) electrons. The zero-order valence-corrected chi connectivity index (χ0v) is 5.20. The lowest BCUT2D eigenvalue weighted by atomic mass is 10.2. The van der Waals surface area contributed by atoms with E-state index in [2.05, 4.69) is 5.11 Å². The molecule has 1 rings (SSSR count). The van der Waals surface area contributed by atoms with Gasteiger partial charge in [-0.05, 0) is 24.1 Å². The Kier molecular flexibility index (Phi) is 1.58. The lowest BCUT2D eigenvalue weighted by Crippen LogP contribution is -1.69. The molecule has 9 heavy (non-hydrogen) atoms. The summed E-state index contributed by atoms with van der Waals surface area (Å²) in [6.45, 7) is 1.90. The number of aryl methyl sites for hydroxylation is 1. The van der Waals surface area contributed by atoms with E-state index in [0.29, 0.717) is 5.69 Å². The second-order valence-corrected chi connectivity index (χ2v) is 1.89. The summed E-state index contributed by atoms with van der Waals surface area (Å²) in [5.74, 6) is 0. The lowest BCUT2D eigenvalue weighted by Gasteiger charge is -1.92. The van der Waals surface area contributed by atoms with Crippen molar-refractivity contribution in [3.63, 3.8) is 0 Å². The fourth-order valence-electron chi connectivity index (χ4n) is 0.676. The summed E-state index contributed by atoms with van der Waals surface area (Å²) in [7, 11) is 0. The van der Waals surface area contributed by atoms with Crippen molar-refractivity contribution in [2.45, 2.75) is 6.92 Å². The van der Waals surface area contributed by atoms with Gasteiger partial charge in [-0.15, -0.1) is 5.11 Å². The molecule has 0 aliphatic heterocycles. The zero-order chi connectivity index (χ0) is 6.69. The Bertz CT molecular complexity index is 218. The van der Waals surface area contributed by atoms with E-state index in [1.54, 1.807) is 6.07 Å². The highest BCUT2D eigenvalue weighted by atomic mass is 15.0. The quantitative estimate of drug-likeness (QED) is 0.506. The number of hydrogen-bond acceptors (Lipinski definition) is 1. The minimum Gasteiger partial charge on any atom is -0.129 e. The Hall–Kier alpha value is -1.18. The van der Waals surface area contributed by atoms with Crippen molar-refractivity contribution in [1.82, 2.24) is 5.53 Å². The highest BCUT2D eigenvalue weighted by Gasteiger charge is 1.90. The lowest BCUT2D eigenvalue weighted by molar-refractivity contribution is 1.27. The third-order valence-corrected chi connectivity index (χ3v) is 1.22. The molecule has 0 bridgehead atoms. The third kappa shape index (κ3) is 1.13. The highest BCUT2D eigenvalue weighted by Crippen LogP contribution is 2.14. The van der Waals surface area contributed by atoms with Crippen molar-refractivity contribution >= 4 is 5.69 Å². The first-order valence-corrected chi connectivity index (χ1v) is 2.75. The zero-order valence-electron chi connectivity index (χ0n) is 5.20. The van der Waals surface area contributed by atoms with Gasteiger partial charge in [0.2, 0.25) is 0 Å². The van der Waals surface area contributed by atoms with Crippen LogP contribution >= 0.6 is 0 Å². The van der Waals surface area contributed by atoms with E-state index in [1.807, 2.05) is 25.1 Å². The molecule has 0 N–H and O–H groups in total. The molecule has 0 aliphatic rings. The molecular formula is C7H7N2. The molecule has 2 nitrogen and oxygen atoms in total. The van der Waals surface area contributed by atoms with Crippen LogP contribution in [0.2, 0.25) is 0 Å². The average Bonchev–Trinajstić information content (AvgIpc) is 1.89. The number of benzene rings is 1. The van der Waals surface area contributed by atoms with Crippen LogP contribution in [0.4, 0.5) is 5.69 Å². The molecule has 0 saturated heterocycles. The van der Waals surface area contributed by atoms with Crippen LogP contribution in [-0.2, 0) is 0 Å². The van der Waals surface area contributed by atoms with Gasteiger partial charge < -0.3 is 0 Å². The topological polar surface area (TPSA) is 34.7 Å². The summed E-state index contributed by atoms with van der Waals surface area (Å²) in [6.07, 6.45) is 0. The van der Waals surface area contributed by atoms with Crippen molar-refractivity contribution in [2.24, 2.45) is 5.11 Å². The Morgan fingerprint density at radius 1 is 1.33 bits per heavy atom. The fraction of sp³-hybridized carbons (Fsp3) is 0.143. The van der Waals surface area contributed by atoms with Crippen molar-refractivity contribution < 1.29 is 0 Å². The fourth-order valence-corrected chi connectivity index (χ4v) is 0.676. The highest BCUT2D eigenvalue weighted by molar-refractivity contribution is 5.43. The van der Waals surface area contributed by atoms with E-state index < -0.39 is 0 Å². The Morgan fingerprint density at radius 2 is 2.00 bits per heavy atom. The maximum atomic E-state index is 8.34. The molecule has 0 spiro atoms. The summed E-state index contributed by atoms with van der Waals surface area (Å²) in [6, 6.07) is 7.40. The van der Waals surface area contributed by atoms with Gasteiger partial charge in [0, 0.05) is 0 Å². The smallest absolute Gasteiger partial charge is 0.0904 e. The van der Waals surface area contributed by atoms with Gasteiger partial charge >= 0.3 is 0 Å². The molecule has 0 saturated carbocycles. The number of hydrogen-bond donors (Lipinski definition) is 0. The Labute approximate surface area is 54.0 Å². The first-order chi connectivity index (χ1) is 4.34. The van der Waals surface area contributed by atoms with Gasteiger partial charge in [-0.25, -0.2) is 0 Å². The molecule has 0 aromatic heterocycles.